The van der Waals surface area contributed by atoms with E-state index < -0.39 is 0 Å². The van der Waals surface area contributed by atoms with Gasteiger partial charge in [0.05, 0.1) is 13.0 Å². The number of nitrogens with one attached hydrogen (secondary N) is 1. The number of anilines is 2. The molecule has 0 unspecified atom stereocenters. The molecule has 0 spiro atoms. The lowest BCUT2D eigenvalue weighted by molar-refractivity contribution is -0.117. The van der Waals surface area contributed by atoms with Crippen LogP contribution in [0.25, 0.3) is 10.8 Å². The number of carbonyl (C=O) groups excluding carboxylic acids is 1. The average molecular weight is 389 g/mol. The average Bonchev–Trinajstić information content (AvgIpc) is 3.28. The van der Waals surface area contributed by atoms with Gasteiger partial charge < -0.3 is 15.0 Å². The predicted molar refractivity (Wildman–Crippen MR) is 120 cm³/mol. The molecule has 4 heteroatoms. The number of ether oxygens (including phenoxy) is 1. The van der Waals surface area contributed by atoms with Crippen molar-refractivity contribution in [2.24, 2.45) is 0 Å². The Kier molecular flexibility index (Phi) is 5.43. The van der Waals surface area contributed by atoms with Crippen LogP contribution in [0, 0.1) is 6.92 Å². The largest absolute Gasteiger partial charge is 0.497 e. The molecule has 0 aromatic heterocycles. The minimum Gasteiger partial charge on any atom is -0.497 e. The summed E-state index contributed by atoms with van der Waals surface area (Å²) >= 11 is 0. The van der Waals surface area contributed by atoms with Gasteiger partial charge in [0.1, 0.15) is 5.75 Å². The van der Waals surface area contributed by atoms with Crippen LogP contribution in [0.1, 0.15) is 36.8 Å². The van der Waals surface area contributed by atoms with Gasteiger partial charge in [0.25, 0.3) is 0 Å². The van der Waals surface area contributed by atoms with Crippen molar-refractivity contribution in [2.75, 3.05) is 30.4 Å². The summed E-state index contributed by atoms with van der Waals surface area (Å²) in [5.74, 6) is 0.609. The van der Waals surface area contributed by atoms with Gasteiger partial charge in [-0.1, -0.05) is 24.3 Å². The van der Waals surface area contributed by atoms with Gasteiger partial charge >= 0.3 is 0 Å². The number of aryl methyl sites for hydroxylation is 1. The fourth-order valence-corrected chi connectivity index (χ4v) is 3.99. The van der Waals surface area contributed by atoms with E-state index in [1.807, 2.05) is 43.3 Å². The topological polar surface area (TPSA) is 41.6 Å². The summed E-state index contributed by atoms with van der Waals surface area (Å²) in [6, 6.07) is 18.5. The summed E-state index contributed by atoms with van der Waals surface area (Å²) in [5.41, 5.74) is 4.23. The normalized spacial score (nSPS) is 14.8. The zero-order chi connectivity index (χ0) is 20.4. The maximum atomic E-state index is 12.9. The zero-order valence-electron chi connectivity index (χ0n) is 17.4. The van der Waals surface area contributed by atoms with Crippen LogP contribution in [0.5, 0.6) is 5.75 Å². The van der Waals surface area contributed by atoms with Crippen molar-refractivity contribution in [3.63, 3.8) is 0 Å². The summed E-state index contributed by atoms with van der Waals surface area (Å²) in [5, 5.41) is 5.33. The van der Waals surface area contributed by atoms with Crippen LogP contribution in [-0.4, -0.2) is 26.1 Å². The van der Waals surface area contributed by atoms with E-state index in [1.165, 1.54) is 18.5 Å². The van der Waals surface area contributed by atoms with Gasteiger partial charge in [0.15, 0.2) is 0 Å². The number of nitrogens with zero attached hydrogens (tertiary/aromatic N) is 1. The molecule has 3 aromatic rings. The number of amides is 1. The Hall–Kier alpha value is -3.01. The molecular weight excluding hydrogens is 360 g/mol. The Bertz CT molecular complexity index is 1040. The number of methoxy groups -OCH3 is 1. The first-order valence-electron chi connectivity index (χ1n) is 10.3. The SMILES string of the molecule is COc1ccc2cc([C@@H](C)C(=O)Nc3ccc(N4CCCC4)cc3C)ccc2c1. The van der Waals surface area contributed by atoms with Crippen LogP contribution >= 0.6 is 0 Å². The van der Waals surface area contributed by atoms with Crippen molar-refractivity contribution in [3.05, 3.63) is 65.7 Å². The molecule has 1 N–H and O–H groups in total. The predicted octanol–water partition coefficient (Wildman–Crippen LogP) is 5.50. The molecule has 150 valence electrons. The van der Waals surface area contributed by atoms with Gasteiger partial charge in [-0.2, -0.15) is 0 Å². The molecule has 3 aromatic carbocycles. The first-order chi connectivity index (χ1) is 14.0. The molecule has 29 heavy (non-hydrogen) atoms. The maximum Gasteiger partial charge on any atom is 0.231 e. The summed E-state index contributed by atoms with van der Waals surface area (Å²) in [7, 11) is 1.67. The fraction of sp³-hybridized carbons (Fsp3) is 0.320. The molecule has 0 aliphatic carbocycles. The van der Waals surface area contributed by atoms with Crippen molar-refractivity contribution >= 4 is 28.1 Å². The van der Waals surface area contributed by atoms with Crippen molar-refractivity contribution < 1.29 is 9.53 Å². The van der Waals surface area contributed by atoms with Gasteiger partial charge in [-0.3, -0.25) is 4.79 Å². The monoisotopic (exact) mass is 388 g/mol. The van der Waals surface area contributed by atoms with E-state index >= 15 is 0 Å². The van der Waals surface area contributed by atoms with Crippen molar-refractivity contribution in [1.82, 2.24) is 0 Å². The van der Waals surface area contributed by atoms with Crippen LogP contribution in [0.15, 0.2) is 54.6 Å². The van der Waals surface area contributed by atoms with Gasteiger partial charge in [0, 0.05) is 24.5 Å². The van der Waals surface area contributed by atoms with E-state index in [0.29, 0.717) is 0 Å². The Morgan fingerprint density at radius 1 is 1.00 bits per heavy atom. The van der Waals surface area contributed by atoms with Crippen molar-refractivity contribution in [1.29, 1.82) is 0 Å². The first kappa shape index (κ1) is 19.3. The van der Waals surface area contributed by atoms with Crippen LogP contribution in [0.4, 0.5) is 11.4 Å². The number of carbonyl (C=O) groups is 1. The van der Waals surface area contributed by atoms with Gasteiger partial charge in [0.2, 0.25) is 5.91 Å². The quantitative estimate of drug-likeness (QED) is 0.627. The van der Waals surface area contributed by atoms with Gasteiger partial charge in [-0.05, 0) is 78.9 Å². The molecule has 1 heterocycles. The van der Waals surface area contributed by atoms with E-state index in [4.69, 9.17) is 4.74 Å². The number of hydrogen-bond donors (Lipinski definition) is 1. The summed E-state index contributed by atoms with van der Waals surface area (Å²) in [6.07, 6.45) is 2.52. The second-order valence-electron chi connectivity index (χ2n) is 7.88. The molecule has 1 saturated heterocycles. The van der Waals surface area contributed by atoms with Crippen LogP contribution in [-0.2, 0) is 4.79 Å². The van der Waals surface area contributed by atoms with E-state index in [0.717, 1.165) is 46.4 Å². The van der Waals surface area contributed by atoms with E-state index in [1.54, 1.807) is 7.11 Å². The highest BCUT2D eigenvalue weighted by Crippen LogP contribution is 2.28. The molecule has 1 aliphatic rings. The first-order valence-corrected chi connectivity index (χ1v) is 10.3. The third kappa shape index (κ3) is 4.07. The minimum atomic E-state index is -0.237. The van der Waals surface area contributed by atoms with Crippen LogP contribution < -0.4 is 15.0 Å². The maximum absolute atomic E-state index is 12.9. The van der Waals surface area contributed by atoms with Crippen molar-refractivity contribution in [3.8, 4) is 5.75 Å². The lowest BCUT2D eigenvalue weighted by atomic mass is 9.96. The Morgan fingerprint density at radius 3 is 2.45 bits per heavy atom. The Morgan fingerprint density at radius 2 is 1.72 bits per heavy atom. The molecule has 4 nitrogen and oxygen atoms in total. The molecule has 1 atom stereocenters. The lowest BCUT2D eigenvalue weighted by Gasteiger charge is -2.20. The number of fused-ring (bicyclic) bond motifs is 1. The third-order valence-electron chi connectivity index (χ3n) is 5.90. The van der Waals surface area contributed by atoms with Crippen molar-refractivity contribution in [2.45, 2.75) is 32.6 Å². The molecule has 4 rings (SSSR count). The summed E-state index contributed by atoms with van der Waals surface area (Å²) < 4.78 is 5.29. The summed E-state index contributed by atoms with van der Waals surface area (Å²) in [4.78, 5) is 15.3. The molecule has 0 bridgehead atoms. The second kappa shape index (κ2) is 8.16. The standard InChI is InChI=1S/C25H28N2O2/c1-17-14-22(27-12-4-5-13-27)9-11-24(17)26-25(28)18(2)19-6-7-21-16-23(29-3)10-8-20(21)15-19/h6-11,14-16,18H,4-5,12-13H2,1-3H3,(H,26,28)/t18-/m1/s1. The highest BCUT2D eigenvalue weighted by Gasteiger charge is 2.18. The van der Waals surface area contributed by atoms with Gasteiger partial charge in [-0.25, -0.2) is 0 Å². The molecule has 1 amide bonds. The van der Waals surface area contributed by atoms with E-state index in [-0.39, 0.29) is 11.8 Å². The third-order valence-corrected chi connectivity index (χ3v) is 5.90. The molecular formula is C25H28N2O2. The van der Waals surface area contributed by atoms with Gasteiger partial charge in [-0.15, -0.1) is 0 Å². The molecule has 0 radical (unpaired) electrons. The van der Waals surface area contributed by atoms with E-state index in [9.17, 15) is 4.79 Å². The minimum absolute atomic E-state index is 0.00915. The highest BCUT2D eigenvalue weighted by molar-refractivity contribution is 5.97. The smallest absolute Gasteiger partial charge is 0.231 e. The number of benzene rings is 3. The molecule has 0 saturated carbocycles. The highest BCUT2D eigenvalue weighted by atomic mass is 16.5. The van der Waals surface area contributed by atoms with E-state index in [2.05, 4.69) is 35.3 Å². The number of hydrogen-bond acceptors (Lipinski definition) is 3. The lowest BCUT2D eigenvalue weighted by Crippen LogP contribution is -2.20. The zero-order valence-corrected chi connectivity index (χ0v) is 17.4. The van der Waals surface area contributed by atoms with Crippen LogP contribution in [0.2, 0.25) is 0 Å². The number of rotatable bonds is 5. The summed E-state index contributed by atoms with van der Waals surface area (Å²) in [6.45, 7) is 6.25. The molecule has 1 aliphatic heterocycles. The second-order valence-corrected chi connectivity index (χ2v) is 7.88. The Balaban J connectivity index is 1.50. The molecule has 1 fully saturated rings. The Labute approximate surface area is 172 Å². The van der Waals surface area contributed by atoms with Crippen LogP contribution in [0.3, 0.4) is 0 Å². The fourth-order valence-electron chi connectivity index (χ4n) is 3.99.